The van der Waals surface area contributed by atoms with E-state index in [-0.39, 0.29) is 6.29 Å². The highest BCUT2D eigenvalue weighted by Crippen LogP contribution is 2.12. The van der Waals surface area contributed by atoms with Gasteiger partial charge < -0.3 is 19.7 Å². The van der Waals surface area contributed by atoms with Crippen LogP contribution in [-0.2, 0) is 9.47 Å². The molecule has 0 aromatic carbocycles. The predicted molar refractivity (Wildman–Crippen MR) is 60.1 cm³/mol. The van der Waals surface area contributed by atoms with Crippen molar-refractivity contribution in [2.75, 3.05) is 32.8 Å². The van der Waals surface area contributed by atoms with Gasteiger partial charge in [-0.3, -0.25) is 4.90 Å². The van der Waals surface area contributed by atoms with Crippen LogP contribution in [0.3, 0.4) is 0 Å². The van der Waals surface area contributed by atoms with Crippen LogP contribution in [-0.4, -0.2) is 66.5 Å². The first-order valence-electron chi connectivity index (χ1n) is 5.97. The van der Waals surface area contributed by atoms with Gasteiger partial charge in [0.15, 0.2) is 6.29 Å². The second kappa shape index (κ2) is 7.19. The summed E-state index contributed by atoms with van der Waals surface area (Å²) in [5.74, 6) is 0. The molecule has 0 aromatic rings. The zero-order valence-corrected chi connectivity index (χ0v) is 10.1. The Bertz CT molecular complexity index is 175. The average molecular weight is 233 g/mol. The Labute approximate surface area is 97.0 Å². The summed E-state index contributed by atoms with van der Waals surface area (Å²) >= 11 is 0. The zero-order chi connectivity index (χ0) is 12.0. The van der Waals surface area contributed by atoms with Crippen molar-refractivity contribution in [1.29, 1.82) is 0 Å². The van der Waals surface area contributed by atoms with E-state index in [2.05, 4.69) is 0 Å². The predicted octanol–water partition coefficient (Wildman–Crippen LogP) is -0.187. The van der Waals surface area contributed by atoms with E-state index in [0.717, 1.165) is 0 Å². The summed E-state index contributed by atoms with van der Waals surface area (Å²) < 4.78 is 10.9. The molecule has 0 aliphatic carbocycles. The fourth-order valence-electron chi connectivity index (χ4n) is 2.02. The van der Waals surface area contributed by atoms with Crippen LogP contribution in [0.4, 0.5) is 0 Å². The highest BCUT2D eigenvalue weighted by Gasteiger charge is 2.26. The number of ether oxygens (including phenoxy) is 2. The van der Waals surface area contributed by atoms with Gasteiger partial charge in [0, 0.05) is 39.3 Å². The molecule has 96 valence electrons. The number of hydrogen-bond acceptors (Lipinski definition) is 5. The van der Waals surface area contributed by atoms with Crippen LogP contribution in [0.1, 0.15) is 20.3 Å². The Morgan fingerprint density at radius 1 is 1.12 bits per heavy atom. The third-order valence-electron chi connectivity index (χ3n) is 2.59. The maximum atomic E-state index is 9.54. The number of piperidine rings is 1. The van der Waals surface area contributed by atoms with Gasteiger partial charge in [0.05, 0.1) is 12.2 Å². The number of likely N-dealkylation sites (tertiary alicyclic amines) is 1. The molecule has 1 rings (SSSR count). The molecular weight excluding hydrogens is 210 g/mol. The largest absolute Gasteiger partial charge is 0.392 e. The molecule has 1 aliphatic heterocycles. The normalized spacial score (nSPS) is 27.6. The van der Waals surface area contributed by atoms with Gasteiger partial charge in [-0.1, -0.05) is 0 Å². The summed E-state index contributed by atoms with van der Waals surface area (Å²) in [5, 5.41) is 19.1. The first-order valence-corrected chi connectivity index (χ1v) is 5.97. The summed E-state index contributed by atoms with van der Waals surface area (Å²) in [5.41, 5.74) is 0. The van der Waals surface area contributed by atoms with Crippen molar-refractivity contribution in [3.63, 3.8) is 0 Å². The summed E-state index contributed by atoms with van der Waals surface area (Å²) in [6.45, 7) is 6.79. The molecule has 0 spiro atoms. The highest BCUT2D eigenvalue weighted by atomic mass is 16.7. The Morgan fingerprint density at radius 3 is 2.06 bits per heavy atom. The minimum atomic E-state index is -0.451. The van der Waals surface area contributed by atoms with E-state index in [4.69, 9.17) is 9.47 Å². The van der Waals surface area contributed by atoms with Crippen LogP contribution < -0.4 is 0 Å². The van der Waals surface area contributed by atoms with E-state index in [1.165, 1.54) is 0 Å². The number of aliphatic hydroxyl groups excluding tert-OH is 2. The number of aliphatic hydroxyl groups is 2. The monoisotopic (exact) mass is 233 g/mol. The molecule has 0 radical (unpaired) electrons. The van der Waals surface area contributed by atoms with Gasteiger partial charge in [-0.2, -0.15) is 0 Å². The lowest BCUT2D eigenvalue weighted by Gasteiger charge is -2.35. The lowest BCUT2D eigenvalue weighted by Crippen LogP contribution is -2.49. The molecule has 0 bridgehead atoms. The molecule has 0 saturated carbocycles. The van der Waals surface area contributed by atoms with E-state index in [1.54, 1.807) is 0 Å². The molecule has 0 amide bonds. The van der Waals surface area contributed by atoms with E-state index in [1.807, 2.05) is 18.7 Å². The highest BCUT2D eigenvalue weighted by molar-refractivity contribution is 4.78. The Balaban J connectivity index is 2.37. The summed E-state index contributed by atoms with van der Waals surface area (Å²) in [6.07, 6.45) is -0.711. The quantitative estimate of drug-likeness (QED) is 0.623. The van der Waals surface area contributed by atoms with Crippen LogP contribution in [0.15, 0.2) is 0 Å². The fraction of sp³-hybridized carbons (Fsp3) is 1.00. The summed E-state index contributed by atoms with van der Waals surface area (Å²) in [6, 6.07) is 0. The summed E-state index contributed by atoms with van der Waals surface area (Å²) in [4.78, 5) is 1.98. The molecule has 5 nitrogen and oxygen atoms in total. The van der Waals surface area contributed by atoms with Crippen molar-refractivity contribution in [2.24, 2.45) is 0 Å². The summed E-state index contributed by atoms with van der Waals surface area (Å²) in [7, 11) is 0. The molecule has 1 heterocycles. The Morgan fingerprint density at radius 2 is 1.62 bits per heavy atom. The lowest BCUT2D eigenvalue weighted by molar-refractivity contribution is -0.155. The lowest BCUT2D eigenvalue weighted by atomic mass is 10.1. The second-order valence-electron chi connectivity index (χ2n) is 4.10. The van der Waals surface area contributed by atoms with Crippen LogP contribution in [0.5, 0.6) is 0 Å². The fourth-order valence-corrected chi connectivity index (χ4v) is 2.02. The van der Waals surface area contributed by atoms with Gasteiger partial charge in [0.1, 0.15) is 0 Å². The Hall–Kier alpha value is -0.200. The van der Waals surface area contributed by atoms with E-state index >= 15 is 0 Å². The molecule has 1 aliphatic rings. The van der Waals surface area contributed by atoms with Gasteiger partial charge in [-0.05, 0) is 13.8 Å². The SMILES string of the molecule is CCOC(CN1CC(O)CC(O)C1)OCC. The third-order valence-corrected chi connectivity index (χ3v) is 2.59. The average Bonchev–Trinajstić information content (AvgIpc) is 2.16. The maximum absolute atomic E-state index is 9.54. The Kier molecular flexibility index (Phi) is 6.23. The molecule has 1 saturated heterocycles. The number of nitrogens with zero attached hydrogens (tertiary/aromatic N) is 1. The van der Waals surface area contributed by atoms with Crippen molar-refractivity contribution in [3.05, 3.63) is 0 Å². The van der Waals surface area contributed by atoms with Crippen molar-refractivity contribution in [3.8, 4) is 0 Å². The van der Waals surface area contributed by atoms with Crippen molar-refractivity contribution in [1.82, 2.24) is 4.90 Å². The first kappa shape index (κ1) is 13.9. The van der Waals surface area contributed by atoms with Crippen LogP contribution in [0.2, 0.25) is 0 Å². The smallest absolute Gasteiger partial charge is 0.170 e. The number of β-amino-alcohol motifs (C(OH)–C–C–N with tert-alkyl or cyclic N) is 2. The van der Waals surface area contributed by atoms with Gasteiger partial charge in [-0.15, -0.1) is 0 Å². The minimum Gasteiger partial charge on any atom is -0.392 e. The third kappa shape index (κ3) is 4.76. The van der Waals surface area contributed by atoms with Gasteiger partial charge >= 0.3 is 0 Å². The van der Waals surface area contributed by atoms with Gasteiger partial charge in [0.25, 0.3) is 0 Å². The van der Waals surface area contributed by atoms with E-state index < -0.39 is 12.2 Å². The standard InChI is InChI=1S/C11H23NO4/c1-3-15-11(16-4-2)8-12-6-9(13)5-10(14)7-12/h9-11,13-14H,3-8H2,1-2H3. The van der Waals surface area contributed by atoms with Crippen molar-refractivity contribution < 1.29 is 19.7 Å². The molecule has 16 heavy (non-hydrogen) atoms. The molecule has 2 unspecified atom stereocenters. The van der Waals surface area contributed by atoms with Crippen molar-refractivity contribution >= 4 is 0 Å². The van der Waals surface area contributed by atoms with E-state index in [9.17, 15) is 10.2 Å². The van der Waals surface area contributed by atoms with Gasteiger partial charge in [-0.25, -0.2) is 0 Å². The van der Waals surface area contributed by atoms with Crippen LogP contribution in [0, 0.1) is 0 Å². The zero-order valence-electron chi connectivity index (χ0n) is 10.1. The maximum Gasteiger partial charge on any atom is 0.170 e. The van der Waals surface area contributed by atoms with E-state index in [0.29, 0.717) is 39.3 Å². The molecule has 0 aromatic heterocycles. The first-order chi connectivity index (χ1) is 7.65. The number of rotatable bonds is 6. The van der Waals surface area contributed by atoms with Crippen LogP contribution in [0.25, 0.3) is 0 Å². The molecule has 5 heteroatoms. The molecule has 2 atom stereocenters. The van der Waals surface area contributed by atoms with Gasteiger partial charge in [0.2, 0.25) is 0 Å². The van der Waals surface area contributed by atoms with Crippen LogP contribution >= 0.6 is 0 Å². The topological polar surface area (TPSA) is 62.2 Å². The minimum absolute atomic E-state index is 0.271. The second-order valence-corrected chi connectivity index (χ2v) is 4.10. The number of hydrogen-bond donors (Lipinski definition) is 2. The van der Waals surface area contributed by atoms with Crippen molar-refractivity contribution in [2.45, 2.75) is 38.8 Å². The molecule has 2 N–H and O–H groups in total. The molecule has 1 fully saturated rings. The molecular formula is C11H23NO4.